The molecule has 5 rings (SSSR count). The maximum absolute atomic E-state index is 12.9. The normalized spacial score (nSPS) is 17.4. The van der Waals surface area contributed by atoms with Crippen molar-refractivity contribution in [1.29, 1.82) is 0 Å². The second kappa shape index (κ2) is 9.50. The van der Waals surface area contributed by atoms with Crippen molar-refractivity contribution in [2.75, 3.05) is 81.8 Å². The SMILES string of the molecule is COc1ccc(N2CCOCC2)c2sc(NC(=O)c3ccc(N4CCN(C)CC4)nc3)nc12. The van der Waals surface area contributed by atoms with E-state index in [-0.39, 0.29) is 5.91 Å². The number of nitrogens with one attached hydrogen (secondary N) is 1. The lowest BCUT2D eigenvalue weighted by atomic mass is 10.2. The summed E-state index contributed by atoms with van der Waals surface area (Å²) < 4.78 is 12.0. The van der Waals surface area contributed by atoms with Crippen molar-refractivity contribution in [1.82, 2.24) is 14.9 Å². The van der Waals surface area contributed by atoms with Crippen LogP contribution in [-0.2, 0) is 4.74 Å². The van der Waals surface area contributed by atoms with E-state index in [1.54, 1.807) is 13.3 Å². The van der Waals surface area contributed by atoms with Crippen LogP contribution in [0.5, 0.6) is 5.75 Å². The van der Waals surface area contributed by atoms with E-state index < -0.39 is 0 Å². The summed E-state index contributed by atoms with van der Waals surface area (Å²) in [6.45, 7) is 6.95. The molecule has 1 N–H and O–H groups in total. The van der Waals surface area contributed by atoms with Gasteiger partial charge in [-0.15, -0.1) is 0 Å². The largest absolute Gasteiger partial charge is 0.494 e. The van der Waals surface area contributed by atoms with Crippen LogP contribution in [0, 0.1) is 0 Å². The average Bonchev–Trinajstić information content (AvgIpc) is 3.28. The minimum absolute atomic E-state index is 0.224. The molecule has 4 heterocycles. The molecule has 0 radical (unpaired) electrons. The highest BCUT2D eigenvalue weighted by molar-refractivity contribution is 7.23. The first-order valence-corrected chi connectivity index (χ1v) is 11.9. The number of carbonyl (C=O) groups excluding carboxylic acids is 1. The molecular weight excluding hydrogens is 440 g/mol. The Morgan fingerprint density at radius 1 is 1.06 bits per heavy atom. The number of amides is 1. The van der Waals surface area contributed by atoms with Crippen molar-refractivity contribution in [2.24, 2.45) is 0 Å². The molecule has 3 aromatic rings. The Morgan fingerprint density at radius 2 is 1.85 bits per heavy atom. The van der Waals surface area contributed by atoms with Crippen LogP contribution in [0.3, 0.4) is 0 Å². The van der Waals surface area contributed by atoms with Crippen LogP contribution in [0.4, 0.5) is 16.6 Å². The van der Waals surface area contributed by atoms with E-state index in [0.29, 0.717) is 29.7 Å². The van der Waals surface area contributed by atoms with Gasteiger partial charge in [0.05, 0.1) is 36.3 Å². The smallest absolute Gasteiger partial charge is 0.259 e. The lowest BCUT2D eigenvalue weighted by Gasteiger charge is -2.33. The number of hydrogen-bond acceptors (Lipinski definition) is 9. The maximum atomic E-state index is 12.9. The van der Waals surface area contributed by atoms with Crippen molar-refractivity contribution >= 4 is 44.1 Å². The molecule has 0 spiro atoms. The van der Waals surface area contributed by atoms with Crippen molar-refractivity contribution in [3.05, 3.63) is 36.0 Å². The van der Waals surface area contributed by atoms with Gasteiger partial charge in [0.25, 0.3) is 5.91 Å². The van der Waals surface area contributed by atoms with Crippen LogP contribution in [0.1, 0.15) is 10.4 Å². The zero-order valence-corrected chi connectivity index (χ0v) is 19.7. The highest BCUT2D eigenvalue weighted by Crippen LogP contribution is 2.39. The molecule has 2 aromatic heterocycles. The minimum atomic E-state index is -0.224. The Morgan fingerprint density at radius 3 is 2.55 bits per heavy atom. The minimum Gasteiger partial charge on any atom is -0.494 e. The number of methoxy groups -OCH3 is 1. The van der Waals surface area contributed by atoms with Gasteiger partial charge in [0, 0.05) is 45.5 Å². The number of thiazole rings is 1. The Labute approximate surface area is 196 Å². The fourth-order valence-electron chi connectivity index (χ4n) is 4.15. The molecule has 2 saturated heterocycles. The number of carbonyl (C=O) groups is 1. The van der Waals surface area contributed by atoms with Crippen LogP contribution < -0.4 is 19.9 Å². The highest BCUT2D eigenvalue weighted by Gasteiger charge is 2.21. The number of piperazine rings is 1. The number of nitrogens with zero attached hydrogens (tertiary/aromatic N) is 5. The molecule has 0 saturated carbocycles. The summed E-state index contributed by atoms with van der Waals surface area (Å²) in [5, 5.41) is 3.48. The third kappa shape index (κ3) is 4.59. The van der Waals surface area contributed by atoms with Crippen LogP contribution >= 0.6 is 11.3 Å². The molecule has 9 nitrogen and oxygen atoms in total. The predicted octanol–water partition coefficient (Wildman–Crippen LogP) is 2.54. The molecule has 0 aliphatic carbocycles. The fourth-order valence-corrected chi connectivity index (χ4v) is 5.17. The second-order valence-electron chi connectivity index (χ2n) is 8.23. The number of aromatic nitrogens is 2. The first-order chi connectivity index (χ1) is 16.1. The average molecular weight is 469 g/mol. The third-order valence-electron chi connectivity index (χ3n) is 6.12. The number of anilines is 3. The number of fused-ring (bicyclic) bond motifs is 1. The van der Waals surface area contributed by atoms with Gasteiger partial charge in [-0.3, -0.25) is 10.1 Å². The predicted molar refractivity (Wildman–Crippen MR) is 131 cm³/mol. The molecular formula is C23H28N6O3S. The highest BCUT2D eigenvalue weighted by atomic mass is 32.1. The fraction of sp³-hybridized carbons (Fsp3) is 0.435. The number of hydrogen-bond donors (Lipinski definition) is 1. The summed E-state index contributed by atoms with van der Waals surface area (Å²) in [7, 11) is 3.76. The van der Waals surface area contributed by atoms with E-state index in [1.807, 2.05) is 18.2 Å². The molecule has 1 amide bonds. The number of pyridine rings is 1. The molecule has 2 aliphatic heterocycles. The molecule has 2 aliphatic rings. The molecule has 2 fully saturated rings. The quantitative estimate of drug-likeness (QED) is 0.612. The standard InChI is InChI=1S/C23H28N6O3S/c1-27-7-9-29(10-8-27)19-6-3-16(15-24-19)22(30)26-23-25-20-18(31-2)5-4-17(21(20)33-23)28-11-13-32-14-12-28/h3-6,15H,7-14H2,1-2H3,(H,25,26,30). The summed E-state index contributed by atoms with van der Waals surface area (Å²) in [4.78, 5) is 28.9. The van der Waals surface area contributed by atoms with Gasteiger partial charge in [0.15, 0.2) is 5.13 Å². The second-order valence-corrected chi connectivity index (χ2v) is 9.23. The summed E-state index contributed by atoms with van der Waals surface area (Å²) >= 11 is 1.46. The van der Waals surface area contributed by atoms with Gasteiger partial charge in [-0.05, 0) is 31.3 Å². The van der Waals surface area contributed by atoms with Crippen LogP contribution in [0.2, 0.25) is 0 Å². The van der Waals surface area contributed by atoms with E-state index in [0.717, 1.165) is 61.0 Å². The van der Waals surface area contributed by atoms with E-state index in [1.165, 1.54) is 11.3 Å². The number of likely N-dealkylation sites (N-methyl/N-ethyl adjacent to an activating group) is 1. The van der Waals surface area contributed by atoms with Crippen molar-refractivity contribution in [3.63, 3.8) is 0 Å². The maximum Gasteiger partial charge on any atom is 0.259 e. The summed E-state index contributed by atoms with van der Waals surface area (Å²) in [6, 6.07) is 7.72. The Bertz CT molecular complexity index is 1120. The molecule has 0 atom stereocenters. The molecule has 1 aromatic carbocycles. The zero-order chi connectivity index (χ0) is 22.8. The Kier molecular flexibility index (Phi) is 6.30. The van der Waals surface area contributed by atoms with Crippen molar-refractivity contribution < 1.29 is 14.3 Å². The van der Waals surface area contributed by atoms with Gasteiger partial charge < -0.3 is 24.2 Å². The van der Waals surface area contributed by atoms with Crippen molar-refractivity contribution in [3.8, 4) is 5.75 Å². The lowest BCUT2D eigenvalue weighted by molar-refractivity contribution is 0.102. The number of morpholine rings is 1. The monoisotopic (exact) mass is 468 g/mol. The first-order valence-electron chi connectivity index (χ1n) is 11.1. The van der Waals surface area contributed by atoms with Gasteiger partial charge in [0.1, 0.15) is 17.1 Å². The first kappa shape index (κ1) is 21.9. The third-order valence-corrected chi connectivity index (χ3v) is 7.11. The number of rotatable bonds is 5. The number of benzene rings is 1. The Balaban J connectivity index is 1.34. The van der Waals surface area contributed by atoms with Crippen LogP contribution in [0.15, 0.2) is 30.5 Å². The lowest BCUT2D eigenvalue weighted by Crippen LogP contribution is -2.44. The summed E-state index contributed by atoms with van der Waals surface area (Å²) in [5.41, 5.74) is 2.35. The van der Waals surface area contributed by atoms with Gasteiger partial charge in [0.2, 0.25) is 0 Å². The zero-order valence-electron chi connectivity index (χ0n) is 18.9. The van der Waals surface area contributed by atoms with E-state index in [4.69, 9.17) is 9.47 Å². The van der Waals surface area contributed by atoms with Crippen molar-refractivity contribution in [2.45, 2.75) is 0 Å². The molecule has 174 valence electrons. The van der Waals surface area contributed by atoms with Gasteiger partial charge in [-0.1, -0.05) is 11.3 Å². The van der Waals surface area contributed by atoms with E-state index in [2.05, 4.69) is 43.1 Å². The number of ether oxygens (including phenoxy) is 2. The van der Waals surface area contributed by atoms with Gasteiger partial charge in [-0.25, -0.2) is 9.97 Å². The topological polar surface area (TPSA) is 83.1 Å². The molecule has 10 heteroatoms. The molecule has 33 heavy (non-hydrogen) atoms. The summed E-state index contributed by atoms with van der Waals surface area (Å²) in [6.07, 6.45) is 1.63. The van der Waals surface area contributed by atoms with E-state index >= 15 is 0 Å². The van der Waals surface area contributed by atoms with Crippen LogP contribution in [-0.4, -0.2) is 87.4 Å². The summed E-state index contributed by atoms with van der Waals surface area (Å²) in [5.74, 6) is 1.37. The van der Waals surface area contributed by atoms with Crippen LogP contribution in [0.25, 0.3) is 10.2 Å². The molecule has 0 unspecified atom stereocenters. The van der Waals surface area contributed by atoms with Gasteiger partial charge in [-0.2, -0.15) is 0 Å². The van der Waals surface area contributed by atoms with E-state index in [9.17, 15) is 4.79 Å². The molecule has 0 bridgehead atoms. The Hall–Kier alpha value is -2.95. The van der Waals surface area contributed by atoms with Gasteiger partial charge >= 0.3 is 0 Å².